The van der Waals surface area contributed by atoms with Crippen LogP contribution in [0.2, 0.25) is 0 Å². The second kappa shape index (κ2) is 7.22. The Bertz CT molecular complexity index is 489. The van der Waals surface area contributed by atoms with E-state index in [0.29, 0.717) is 19.4 Å². The van der Waals surface area contributed by atoms with Gasteiger partial charge in [-0.3, -0.25) is 4.79 Å². The van der Waals surface area contributed by atoms with Crippen molar-refractivity contribution in [1.82, 2.24) is 9.62 Å². The maximum absolute atomic E-state index is 12.2. The predicted molar refractivity (Wildman–Crippen MR) is 78.2 cm³/mol. The summed E-state index contributed by atoms with van der Waals surface area (Å²) < 4.78 is 25.0. The van der Waals surface area contributed by atoms with Crippen molar-refractivity contribution in [3.05, 3.63) is 0 Å². The number of hydrogen-bond donors (Lipinski definition) is 2. The molecule has 0 bridgehead atoms. The molecule has 0 radical (unpaired) electrons. The van der Waals surface area contributed by atoms with Crippen LogP contribution in [-0.2, 0) is 19.6 Å². The van der Waals surface area contributed by atoms with Crippen molar-refractivity contribution in [2.75, 3.05) is 18.8 Å². The SMILES string of the molecule is CCS(=O)(=O)N1CCCC(C(=O)NC(C(=O)O)C(C)C)C1. The van der Waals surface area contributed by atoms with Crippen LogP contribution in [0.3, 0.4) is 0 Å². The second-order valence-corrected chi connectivity index (χ2v) is 7.92. The lowest BCUT2D eigenvalue weighted by molar-refractivity contribution is -0.144. The standard InChI is InChI=1S/C13H24N2O5S/c1-4-21(19,20)15-7-5-6-10(8-15)12(16)14-11(9(2)3)13(17)18/h9-11H,4-8H2,1-3H3,(H,14,16)(H,17,18). The summed E-state index contributed by atoms with van der Waals surface area (Å²) in [4.78, 5) is 23.3. The number of piperidine rings is 1. The van der Waals surface area contributed by atoms with E-state index in [4.69, 9.17) is 5.11 Å². The van der Waals surface area contributed by atoms with Crippen molar-refractivity contribution in [2.45, 2.75) is 39.7 Å². The number of aliphatic carboxylic acids is 1. The van der Waals surface area contributed by atoms with E-state index in [0.717, 1.165) is 0 Å². The van der Waals surface area contributed by atoms with Crippen LogP contribution in [0.15, 0.2) is 0 Å². The summed E-state index contributed by atoms with van der Waals surface area (Å²) in [5.41, 5.74) is 0. The van der Waals surface area contributed by atoms with Crippen molar-refractivity contribution < 1.29 is 23.1 Å². The Kier molecular flexibility index (Phi) is 6.15. The lowest BCUT2D eigenvalue weighted by atomic mass is 9.97. The Hall–Kier alpha value is -1.15. The zero-order valence-corrected chi connectivity index (χ0v) is 13.5. The van der Waals surface area contributed by atoms with E-state index in [1.54, 1.807) is 20.8 Å². The molecule has 0 spiro atoms. The number of amides is 1. The highest BCUT2D eigenvalue weighted by atomic mass is 32.2. The third kappa shape index (κ3) is 4.67. The Morgan fingerprint density at radius 2 is 2.00 bits per heavy atom. The zero-order chi connectivity index (χ0) is 16.2. The van der Waals surface area contributed by atoms with Gasteiger partial charge in [-0.1, -0.05) is 13.8 Å². The largest absolute Gasteiger partial charge is 0.480 e. The van der Waals surface area contributed by atoms with Crippen molar-refractivity contribution in [3.63, 3.8) is 0 Å². The molecule has 1 heterocycles. The molecule has 122 valence electrons. The van der Waals surface area contributed by atoms with Gasteiger partial charge < -0.3 is 10.4 Å². The van der Waals surface area contributed by atoms with Crippen LogP contribution in [0, 0.1) is 11.8 Å². The van der Waals surface area contributed by atoms with E-state index < -0.39 is 28.0 Å². The van der Waals surface area contributed by atoms with Gasteiger partial charge in [0.15, 0.2) is 0 Å². The molecule has 0 aromatic rings. The molecule has 2 N–H and O–H groups in total. The van der Waals surface area contributed by atoms with Crippen LogP contribution in [0.25, 0.3) is 0 Å². The number of hydrogen-bond acceptors (Lipinski definition) is 4. The predicted octanol–water partition coefficient (Wildman–Crippen LogP) is 0.274. The molecule has 0 aliphatic carbocycles. The quantitative estimate of drug-likeness (QED) is 0.731. The van der Waals surface area contributed by atoms with Crippen LogP contribution in [0.1, 0.15) is 33.6 Å². The molecule has 2 unspecified atom stereocenters. The Morgan fingerprint density at radius 1 is 1.38 bits per heavy atom. The van der Waals surface area contributed by atoms with E-state index in [-0.39, 0.29) is 24.1 Å². The molecular formula is C13H24N2O5S. The Morgan fingerprint density at radius 3 is 2.48 bits per heavy atom. The molecule has 0 aromatic heterocycles. The number of nitrogens with zero attached hydrogens (tertiary/aromatic N) is 1. The fourth-order valence-corrected chi connectivity index (χ4v) is 3.56. The van der Waals surface area contributed by atoms with E-state index in [9.17, 15) is 18.0 Å². The molecule has 0 aromatic carbocycles. The highest BCUT2D eigenvalue weighted by molar-refractivity contribution is 7.89. The van der Waals surface area contributed by atoms with E-state index in [1.807, 2.05) is 0 Å². The molecule has 2 atom stereocenters. The molecule has 1 amide bonds. The topological polar surface area (TPSA) is 104 Å². The van der Waals surface area contributed by atoms with Gasteiger partial charge in [0.1, 0.15) is 6.04 Å². The van der Waals surface area contributed by atoms with Gasteiger partial charge in [0, 0.05) is 13.1 Å². The van der Waals surface area contributed by atoms with Crippen LogP contribution in [0.5, 0.6) is 0 Å². The number of carbonyl (C=O) groups excluding carboxylic acids is 1. The summed E-state index contributed by atoms with van der Waals surface area (Å²) in [5, 5.41) is 11.6. The normalized spacial score (nSPS) is 22.0. The fourth-order valence-electron chi connectivity index (χ4n) is 2.38. The maximum Gasteiger partial charge on any atom is 0.326 e. The van der Waals surface area contributed by atoms with E-state index in [1.165, 1.54) is 4.31 Å². The van der Waals surface area contributed by atoms with Crippen LogP contribution in [-0.4, -0.2) is 54.6 Å². The highest BCUT2D eigenvalue weighted by Crippen LogP contribution is 2.20. The number of carboxylic acid groups (broad SMARTS) is 1. The molecule has 21 heavy (non-hydrogen) atoms. The van der Waals surface area contributed by atoms with Crippen molar-refractivity contribution in [2.24, 2.45) is 11.8 Å². The minimum Gasteiger partial charge on any atom is -0.480 e. The molecular weight excluding hydrogens is 296 g/mol. The third-order valence-corrected chi connectivity index (χ3v) is 5.59. The van der Waals surface area contributed by atoms with Gasteiger partial charge in [-0.15, -0.1) is 0 Å². The lowest BCUT2D eigenvalue weighted by Crippen LogP contribution is -2.51. The summed E-state index contributed by atoms with van der Waals surface area (Å²) in [6.45, 7) is 5.55. The summed E-state index contributed by atoms with van der Waals surface area (Å²) in [6.07, 6.45) is 1.18. The smallest absolute Gasteiger partial charge is 0.326 e. The van der Waals surface area contributed by atoms with E-state index >= 15 is 0 Å². The second-order valence-electron chi connectivity index (χ2n) is 5.67. The van der Waals surface area contributed by atoms with Crippen LogP contribution < -0.4 is 5.32 Å². The first-order valence-electron chi connectivity index (χ1n) is 7.20. The van der Waals surface area contributed by atoms with E-state index in [2.05, 4.69) is 5.32 Å². The monoisotopic (exact) mass is 320 g/mol. The number of carboxylic acids is 1. The Balaban J connectivity index is 2.72. The number of nitrogens with one attached hydrogen (secondary N) is 1. The molecule has 8 heteroatoms. The lowest BCUT2D eigenvalue weighted by Gasteiger charge is -2.31. The summed E-state index contributed by atoms with van der Waals surface area (Å²) in [5.74, 6) is -2.17. The van der Waals surface area contributed by atoms with Gasteiger partial charge in [0.05, 0.1) is 11.7 Å². The number of rotatable bonds is 6. The molecule has 1 fully saturated rings. The first-order valence-corrected chi connectivity index (χ1v) is 8.81. The van der Waals surface area contributed by atoms with Crippen molar-refractivity contribution in [3.8, 4) is 0 Å². The first-order chi connectivity index (χ1) is 9.69. The summed E-state index contributed by atoms with van der Waals surface area (Å²) >= 11 is 0. The van der Waals surface area contributed by atoms with Crippen molar-refractivity contribution >= 4 is 21.9 Å². The van der Waals surface area contributed by atoms with Crippen LogP contribution >= 0.6 is 0 Å². The van der Waals surface area contributed by atoms with Gasteiger partial charge >= 0.3 is 5.97 Å². The molecule has 7 nitrogen and oxygen atoms in total. The van der Waals surface area contributed by atoms with Crippen LogP contribution in [0.4, 0.5) is 0 Å². The van der Waals surface area contributed by atoms with Gasteiger partial charge in [-0.2, -0.15) is 0 Å². The minimum atomic E-state index is -3.31. The third-order valence-electron chi connectivity index (χ3n) is 3.74. The van der Waals surface area contributed by atoms with Crippen molar-refractivity contribution in [1.29, 1.82) is 0 Å². The molecule has 1 rings (SSSR count). The molecule has 1 saturated heterocycles. The fraction of sp³-hybridized carbons (Fsp3) is 0.846. The van der Waals surface area contributed by atoms with Gasteiger partial charge in [-0.25, -0.2) is 17.5 Å². The van der Waals surface area contributed by atoms with Gasteiger partial charge in [-0.05, 0) is 25.7 Å². The zero-order valence-electron chi connectivity index (χ0n) is 12.7. The van der Waals surface area contributed by atoms with Gasteiger partial charge in [0.2, 0.25) is 15.9 Å². The average molecular weight is 320 g/mol. The maximum atomic E-state index is 12.2. The minimum absolute atomic E-state index is 0.00504. The molecule has 1 aliphatic rings. The molecule has 0 saturated carbocycles. The Labute approximate surface area is 125 Å². The summed E-state index contributed by atoms with van der Waals surface area (Å²) in [6, 6.07) is -0.948. The van der Waals surface area contributed by atoms with Gasteiger partial charge in [0.25, 0.3) is 0 Å². The number of sulfonamides is 1. The summed E-state index contributed by atoms with van der Waals surface area (Å²) in [7, 11) is -3.31. The average Bonchev–Trinajstić information content (AvgIpc) is 2.43. The number of carbonyl (C=O) groups is 2. The molecule has 1 aliphatic heterocycles. The highest BCUT2D eigenvalue weighted by Gasteiger charge is 2.33. The first kappa shape index (κ1) is 17.9.